The van der Waals surface area contributed by atoms with Gasteiger partial charge in [0.1, 0.15) is 11.6 Å². The molecular weight excluding hydrogens is 416 g/mol. The molecule has 33 heavy (non-hydrogen) atoms. The summed E-state index contributed by atoms with van der Waals surface area (Å²) in [6, 6.07) is 13.7. The Bertz CT molecular complexity index is 1090. The molecule has 0 aliphatic carbocycles. The molecule has 2 saturated heterocycles. The van der Waals surface area contributed by atoms with Crippen molar-refractivity contribution < 1.29 is 14.7 Å². The summed E-state index contributed by atoms with van der Waals surface area (Å²) in [5, 5.41) is 13.9. The van der Waals surface area contributed by atoms with Gasteiger partial charge in [-0.05, 0) is 43.9 Å². The van der Waals surface area contributed by atoms with E-state index in [4.69, 9.17) is 4.98 Å². The molecular formula is C26H30N4O3. The van der Waals surface area contributed by atoms with Gasteiger partial charge in [-0.2, -0.15) is 0 Å². The fourth-order valence-electron chi connectivity index (χ4n) is 5.39. The molecule has 1 aromatic heterocycles. The molecule has 0 saturated carbocycles. The van der Waals surface area contributed by atoms with Gasteiger partial charge >= 0.3 is 0 Å². The maximum atomic E-state index is 12.5. The Hall–Kier alpha value is -3.03. The van der Waals surface area contributed by atoms with Crippen LogP contribution in [0.15, 0.2) is 49.0 Å². The molecule has 2 aromatic rings. The van der Waals surface area contributed by atoms with Crippen molar-refractivity contribution in [2.24, 2.45) is 0 Å². The summed E-state index contributed by atoms with van der Waals surface area (Å²) in [6.45, 7) is 8.70. The molecule has 0 spiro atoms. The molecule has 0 bridgehead atoms. The van der Waals surface area contributed by atoms with E-state index in [0.29, 0.717) is 31.4 Å². The van der Waals surface area contributed by atoms with Crippen LogP contribution in [0.5, 0.6) is 0 Å². The van der Waals surface area contributed by atoms with Gasteiger partial charge in [-0.3, -0.25) is 24.8 Å². The first-order valence-electron chi connectivity index (χ1n) is 11.7. The first kappa shape index (κ1) is 21.8. The third kappa shape index (κ3) is 3.96. The molecule has 2 N–H and O–H groups in total. The van der Waals surface area contributed by atoms with E-state index in [1.807, 2.05) is 30.0 Å². The minimum Gasteiger partial charge on any atom is -0.383 e. The first-order valence-corrected chi connectivity index (χ1v) is 11.7. The van der Waals surface area contributed by atoms with Crippen LogP contribution in [0.3, 0.4) is 0 Å². The van der Waals surface area contributed by atoms with Crippen LogP contribution in [-0.2, 0) is 21.7 Å². The maximum Gasteiger partial charge on any atom is 0.249 e. The van der Waals surface area contributed by atoms with Crippen LogP contribution < -0.4 is 5.32 Å². The average molecular weight is 447 g/mol. The van der Waals surface area contributed by atoms with E-state index in [0.717, 1.165) is 36.6 Å². The Kier molecular flexibility index (Phi) is 5.54. The maximum absolute atomic E-state index is 12.5. The Labute approximate surface area is 194 Å². The van der Waals surface area contributed by atoms with Crippen molar-refractivity contribution in [2.75, 3.05) is 13.1 Å². The van der Waals surface area contributed by atoms with E-state index in [1.165, 1.54) is 5.56 Å². The molecule has 4 heterocycles. The van der Waals surface area contributed by atoms with Gasteiger partial charge in [-0.25, -0.2) is 0 Å². The fourth-order valence-corrected chi connectivity index (χ4v) is 5.39. The standard InChI is InChI=1S/C26H30N4O3/c1-17-20-8-10-22(26(33)12-14-29(15-13-26)16-19-6-4-3-5-7-19)27-24(20)18(2)30(17)21-9-11-23(31)28-25(21)32/h3-8,10,18,21,33H,1,9,11-16H2,2H3,(H,28,31,32)/t18-,21-/m0/s1. The van der Waals surface area contributed by atoms with Crippen molar-refractivity contribution >= 4 is 17.5 Å². The predicted molar refractivity (Wildman–Crippen MR) is 125 cm³/mol. The SMILES string of the molecule is C=C1c2ccc(C3(O)CCN(Cc4ccccc4)CC3)nc2[C@H](C)N1[C@H]1CCC(=O)NC1=O. The van der Waals surface area contributed by atoms with Gasteiger partial charge in [0.05, 0.1) is 17.4 Å². The normalized spacial score (nSPS) is 25.2. The zero-order chi connectivity index (χ0) is 23.2. The number of fused-ring (bicyclic) bond motifs is 1. The van der Waals surface area contributed by atoms with Crippen molar-refractivity contribution in [3.63, 3.8) is 0 Å². The number of pyridine rings is 1. The lowest BCUT2D eigenvalue weighted by molar-refractivity contribution is -0.137. The van der Waals surface area contributed by atoms with E-state index in [2.05, 4.69) is 41.1 Å². The number of carbonyl (C=O) groups is 2. The molecule has 2 amide bonds. The number of benzene rings is 1. The van der Waals surface area contributed by atoms with E-state index in [1.54, 1.807) is 0 Å². The number of rotatable bonds is 4. The summed E-state index contributed by atoms with van der Waals surface area (Å²) in [6.07, 6.45) is 2.03. The highest BCUT2D eigenvalue weighted by Crippen LogP contribution is 2.43. The van der Waals surface area contributed by atoms with Crippen molar-refractivity contribution in [2.45, 2.75) is 56.8 Å². The van der Waals surface area contributed by atoms with Crippen LogP contribution in [0.1, 0.15) is 61.2 Å². The number of piperidine rings is 2. The molecule has 2 fully saturated rings. The largest absolute Gasteiger partial charge is 0.383 e. The molecule has 1 aromatic carbocycles. The van der Waals surface area contributed by atoms with Crippen LogP contribution in [-0.4, -0.2) is 50.8 Å². The summed E-state index contributed by atoms with van der Waals surface area (Å²) in [4.78, 5) is 33.3. The van der Waals surface area contributed by atoms with Gasteiger partial charge < -0.3 is 10.0 Å². The number of nitrogens with one attached hydrogen (secondary N) is 1. The first-order chi connectivity index (χ1) is 15.9. The second kappa shape index (κ2) is 8.39. The lowest BCUT2D eigenvalue weighted by atomic mass is 9.87. The third-order valence-electron chi connectivity index (χ3n) is 7.32. The van der Waals surface area contributed by atoms with Crippen molar-refractivity contribution in [3.05, 3.63) is 71.6 Å². The summed E-state index contributed by atoms with van der Waals surface area (Å²) in [7, 11) is 0. The monoisotopic (exact) mass is 446 g/mol. The van der Waals surface area contributed by atoms with Gasteiger partial charge in [0.2, 0.25) is 11.8 Å². The Morgan fingerprint density at radius 2 is 1.88 bits per heavy atom. The number of amides is 2. The molecule has 3 aliphatic rings. The molecule has 0 radical (unpaired) electrons. The Morgan fingerprint density at radius 1 is 1.15 bits per heavy atom. The second-order valence-electron chi connectivity index (χ2n) is 9.42. The lowest BCUT2D eigenvalue weighted by Crippen LogP contribution is -2.51. The summed E-state index contributed by atoms with van der Waals surface area (Å²) < 4.78 is 0. The van der Waals surface area contributed by atoms with Crippen LogP contribution >= 0.6 is 0 Å². The van der Waals surface area contributed by atoms with E-state index in [9.17, 15) is 14.7 Å². The van der Waals surface area contributed by atoms with E-state index < -0.39 is 11.6 Å². The minimum atomic E-state index is -0.967. The van der Waals surface area contributed by atoms with Gasteiger partial charge in [-0.15, -0.1) is 0 Å². The number of nitrogens with zero attached hydrogens (tertiary/aromatic N) is 3. The molecule has 7 heteroatoms. The van der Waals surface area contributed by atoms with E-state index in [-0.39, 0.29) is 17.9 Å². The Morgan fingerprint density at radius 3 is 2.58 bits per heavy atom. The summed E-state index contributed by atoms with van der Waals surface area (Å²) in [5.74, 6) is -0.510. The smallest absolute Gasteiger partial charge is 0.249 e. The number of hydrogen-bond donors (Lipinski definition) is 2. The summed E-state index contributed by atoms with van der Waals surface area (Å²) in [5.41, 5.74) is 3.48. The van der Waals surface area contributed by atoms with Gasteiger partial charge in [0.15, 0.2) is 0 Å². The lowest BCUT2D eigenvalue weighted by Gasteiger charge is -2.38. The highest BCUT2D eigenvalue weighted by atomic mass is 16.3. The fraction of sp³-hybridized carbons (Fsp3) is 0.423. The van der Waals surface area contributed by atoms with Crippen molar-refractivity contribution in [1.82, 2.24) is 20.1 Å². The molecule has 172 valence electrons. The molecule has 7 nitrogen and oxygen atoms in total. The minimum absolute atomic E-state index is 0.154. The quantitative estimate of drug-likeness (QED) is 0.703. The number of carbonyl (C=O) groups excluding carboxylic acids is 2. The van der Waals surface area contributed by atoms with Crippen LogP contribution in [0.2, 0.25) is 0 Å². The van der Waals surface area contributed by atoms with Crippen molar-refractivity contribution in [3.8, 4) is 0 Å². The number of aliphatic hydroxyl groups is 1. The number of hydrogen-bond acceptors (Lipinski definition) is 6. The van der Waals surface area contributed by atoms with E-state index >= 15 is 0 Å². The Balaban J connectivity index is 1.32. The number of likely N-dealkylation sites (tertiary alicyclic amines) is 1. The number of aromatic nitrogens is 1. The topological polar surface area (TPSA) is 85.8 Å². The average Bonchev–Trinajstić information content (AvgIpc) is 3.06. The van der Waals surface area contributed by atoms with Gasteiger partial charge in [0.25, 0.3) is 0 Å². The molecule has 5 rings (SSSR count). The molecule has 3 aliphatic heterocycles. The third-order valence-corrected chi connectivity index (χ3v) is 7.32. The molecule has 2 atom stereocenters. The van der Waals surface area contributed by atoms with Gasteiger partial charge in [0, 0.05) is 37.3 Å². The van der Waals surface area contributed by atoms with Crippen LogP contribution in [0, 0.1) is 0 Å². The highest BCUT2D eigenvalue weighted by molar-refractivity contribution is 6.01. The van der Waals surface area contributed by atoms with Crippen molar-refractivity contribution in [1.29, 1.82) is 0 Å². The highest BCUT2D eigenvalue weighted by Gasteiger charge is 2.42. The van der Waals surface area contributed by atoms with Gasteiger partial charge in [-0.1, -0.05) is 36.9 Å². The van der Waals surface area contributed by atoms with Crippen LogP contribution in [0.25, 0.3) is 5.70 Å². The summed E-state index contributed by atoms with van der Waals surface area (Å²) >= 11 is 0. The zero-order valence-electron chi connectivity index (χ0n) is 19.0. The predicted octanol–water partition coefficient (Wildman–Crippen LogP) is 2.72. The molecule has 0 unspecified atom stereocenters. The second-order valence-corrected chi connectivity index (χ2v) is 9.42. The number of imide groups is 1. The van der Waals surface area contributed by atoms with Crippen LogP contribution in [0.4, 0.5) is 0 Å². The zero-order valence-corrected chi connectivity index (χ0v) is 19.0.